The molecule has 0 radical (unpaired) electrons. The Morgan fingerprint density at radius 3 is 2.38 bits per heavy atom. The SMILES string of the molecule is CCC1CCC(N(C)CC(O)c2ccc(C#N)cc2)CC1. The first-order valence-corrected chi connectivity index (χ1v) is 8.02. The van der Waals surface area contributed by atoms with Gasteiger partial charge in [0.2, 0.25) is 0 Å². The summed E-state index contributed by atoms with van der Waals surface area (Å²) in [5.74, 6) is 0.901. The molecule has 2 rings (SSSR count). The largest absolute Gasteiger partial charge is 0.387 e. The fraction of sp³-hybridized carbons (Fsp3) is 0.611. The summed E-state index contributed by atoms with van der Waals surface area (Å²) in [5, 5.41) is 19.2. The summed E-state index contributed by atoms with van der Waals surface area (Å²) in [5.41, 5.74) is 1.53. The highest BCUT2D eigenvalue weighted by Crippen LogP contribution is 2.29. The van der Waals surface area contributed by atoms with Crippen LogP contribution in [0, 0.1) is 17.2 Å². The highest BCUT2D eigenvalue weighted by molar-refractivity contribution is 5.32. The zero-order chi connectivity index (χ0) is 15.2. The molecule has 0 amide bonds. The van der Waals surface area contributed by atoms with Crippen molar-refractivity contribution in [1.82, 2.24) is 4.90 Å². The third-order valence-electron chi connectivity index (χ3n) is 4.90. The maximum atomic E-state index is 10.4. The molecule has 1 saturated carbocycles. The van der Waals surface area contributed by atoms with Crippen molar-refractivity contribution in [3.63, 3.8) is 0 Å². The predicted octanol–water partition coefficient (Wildman–Crippen LogP) is 3.49. The first-order valence-electron chi connectivity index (χ1n) is 8.02. The summed E-state index contributed by atoms with van der Waals surface area (Å²) >= 11 is 0. The smallest absolute Gasteiger partial charge is 0.0991 e. The van der Waals surface area contributed by atoms with E-state index in [9.17, 15) is 5.11 Å². The van der Waals surface area contributed by atoms with E-state index < -0.39 is 6.10 Å². The van der Waals surface area contributed by atoms with Crippen LogP contribution in [0.2, 0.25) is 0 Å². The van der Waals surface area contributed by atoms with Crippen LogP contribution in [0.4, 0.5) is 0 Å². The number of nitrogens with zero attached hydrogens (tertiary/aromatic N) is 2. The summed E-state index contributed by atoms with van der Waals surface area (Å²) in [6.45, 7) is 2.94. The maximum Gasteiger partial charge on any atom is 0.0991 e. The lowest BCUT2D eigenvalue weighted by molar-refractivity contribution is 0.0840. The zero-order valence-electron chi connectivity index (χ0n) is 13.1. The third kappa shape index (κ3) is 4.30. The average Bonchev–Trinajstić information content (AvgIpc) is 2.55. The Kier molecular flexibility index (Phi) is 5.78. The number of hydrogen-bond donors (Lipinski definition) is 1. The van der Waals surface area contributed by atoms with Crippen LogP contribution in [-0.4, -0.2) is 29.6 Å². The lowest BCUT2D eigenvalue weighted by Gasteiger charge is -2.35. The Morgan fingerprint density at radius 2 is 1.86 bits per heavy atom. The Morgan fingerprint density at radius 1 is 1.24 bits per heavy atom. The van der Waals surface area contributed by atoms with Crippen LogP contribution in [0.3, 0.4) is 0 Å². The molecule has 0 saturated heterocycles. The number of benzene rings is 1. The molecule has 1 aliphatic rings. The quantitative estimate of drug-likeness (QED) is 0.901. The number of rotatable bonds is 5. The van der Waals surface area contributed by atoms with Gasteiger partial charge < -0.3 is 10.0 Å². The van der Waals surface area contributed by atoms with Gasteiger partial charge in [0.1, 0.15) is 0 Å². The van der Waals surface area contributed by atoms with Crippen LogP contribution in [0.5, 0.6) is 0 Å². The molecule has 21 heavy (non-hydrogen) atoms. The van der Waals surface area contributed by atoms with Gasteiger partial charge in [0.25, 0.3) is 0 Å². The Bertz CT molecular complexity index is 469. The lowest BCUT2D eigenvalue weighted by Crippen LogP contribution is -2.37. The number of likely N-dealkylation sites (N-methyl/N-ethyl adjacent to an activating group) is 1. The van der Waals surface area contributed by atoms with Gasteiger partial charge in [-0.2, -0.15) is 5.26 Å². The van der Waals surface area contributed by atoms with Crippen molar-refractivity contribution in [1.29, 1.82) is 5.26 Å². The van der Waals surface area contributed by atoms with Crippen molar-refractivity contribution in [2.24, 2.45) is 5.92 Å². The van der Waals surface area contributed by atoms with Crippen LogP contribution in [0.25, 0.3) is 0 Å². The standard InChI is InChI=1S/C18H26N2O/c1-3-14-6-10-17(11-7-14)20(2)13-18(21)16-8-4-15(12-19)5-9-16/h4-5,8-9,14,17-18,21H,3,6-7,10-11,13H2,1-2H3. The summed E-state index contributed by atoms with van der Waals surface area (Å²) in [6, 6.07) is 9.94. The van der Waals surface area contributed by atoms with Gasteiger partial charge in [-0.05, 0) is 56.3 Å². The summed E-state index contributed by atoms with van der Waals surface area (Å²) < 4.78 is 0. The molecule has 3 heteroatoms. The minimum absolute atomic E-state index is 0.480. The van der Waals surface area contributed by atoms with E-state index in [1.54, 1.807) is 12.1 Å². The predicted molar refractivity (Wildman–Crippen MR) is 84.8 cm³/mol. The molecule has 0 spiro atoms. The average molecular weight is 286 g/mol. The molecule has 1 aromatic rings. The van der Waals surface area contributed by atoms with Crippen molar-refractivity contribution in [3.05, 3.63) is 35.4 Å². The topological polar surface area (TPSA) is 47.3 Å². The first-order chi connectivity index (χ1) is 10.1. The minimum Gasteiger partial charge on any atom is -0.387 e. The third-order valence-corrected chi connectivity index (χ3v) is 4.90. The number of hydrogen-bond acceptors (Lipinski definition) is 3. The van der Waals surface area contributed by atoms with E-state index >= 15 is 0 Å². The fourth-order valence-electron chi connectivity index (χ4n) is 3.30. The molecule has 0 bridgehead atoms. The normalized spacial score (nSPS) is 23.8. The molecular weight excluding hydrogens is 260 g/mol. The van der Waals surface area contributed by atoms with Crippen LogP contribution in [0.1, 0.15) is 56.3 Å². The molecule has 3 nitrogen and oxygen atoms in total. The van der Waals surface area contributed by atoms with Crippen LogP contribution < -0.4 is 0 Å². The molecule has 114 valence electrons. The van der Waals surface area contributed by atoms with Gasteiger partial charge in [0.15, 0.2) is 0 Å². The van der Waals surface area contributed by atoms with Gasteiger partial charge in [-0.15, -0.1) is 0 Å². The van der Waals surface area contributed by atoms with Crippen LogP contribution in [-0.2, 0) is 0 Å². The molecular formula is C18H26N2O. The summed E-state index contributed by atoms with van der Waals surface area (Å²) in [7, 11) is 2.11. The second-order valence-corrected chi connectivity index (χ2v) is 6.27. The van der Waals surface area contributed by atoms with E-state index in [4.69, 9.17) is 5.26 Å². The summed E-state index contributed by atoms with van der Waals surface area (Å²) in [4.78, 5) is 2.30. The Hall–Kier alpha value is -1.37. The minimum atomic E-state index is -0.480. The van der Waals surface area contributed by atoms with Crippen molar-refractivity contribution in [3.8, 4) is 6.07 Å². The number of aliphatic hydroxyl groups excluding tert-OH is 1. The molecule has 0 aromatic heterocycles. The van der Waals surface area contributed by atoms with Crippen molar-refractivity contribution in [2.45, 2.75) is 51.2 Å². The highest BCUT2D eigenvalue weighted by atomic mass is 16.3. The van der Waals surface area contributed by atoms with Gasteiger partial charge in [-0.3, -0.25) is 0 Å². The number of nitriles is 1. The van der Waals surface area contributed by atoms with E-state index in [1.807, 2.05) is 12.1 Å². The Labute approximate surface area is 128 Å². The van der Waals surface area contributed by atoms with E-state index in [-0.39, 0.29) is 0 Å². The maximum absolute atomic E-state index is 10.4. The molecule has 1 fully saturated rings. The molecule has 1 N–H and O–H groups in total. The van der Waals surface area contributed by atoms with Gasteiger partial charge in [0.05, 0.1) is 17.7 Å². The number of aliphatic hydroxyl groups is 1. The molecule has 1 atom stereocenters. The van der Waals surface area contributed by atoms with Crippen LogP contribution in [0.15, 0.2) is 24.3 Å². The zero-order valence-corrected chi connectivity index (χ0v) is 13.1. The molecule has 1 unspecified atom stereocenters. The van der Waals surface area contributed by atoms with Gasteiger partial charge in [-0.1, -0.05) is 25.5 Å². The summed E-state index contributed by atoms with van der Waals surface area (Å²) in [6.07, 6.45) is 5.94. The van der Waals surface area contributed by atoms with E-state index in [2.05, 4.69) is 24.9 Å². The van der Waals surface area contributed by atoms with E-state index in [1.165, 1.54) is 32.1 Å². The molecule has 0 aliphatic heterocycles. The second kappa shape index (κ2) is 7.59. The Balaban J connectivity index is 1.87. The van der Waals surface area contributed by atoms with Crippen molar-refractivity contribution < 1.29 is 5.11 Å². The monoisotopic (exact) mass is 286 g/mol. The van der Waals surface area contributed by atoms with Crippen molar-refractivity contribution >= 4 is 0 Å². The van der Waals surface area contributed by atoms with Crippen LogP contribution >= 0.6 is 0 Å². The van der Waals surface area contributed by atoms with Gasteiger partial charge in [-0.25, -0.2) is 0 Å². The van der Waals surface area contributed by atoms with Crippen molar-refractivity contribution in [2.75, 3.05) is 13.6 Å². The highest BCUT2D eigenvalue weighted by Gasteiger charge is 2.24. The molecule has 1 aliphatic carbocycles. The lowest BCUT2D eigenvalue weighted by atomic mass is 9.84. The van der Waals surface area contributed by atoms with Gasteiger partial charge >= 0.3 is 0 Å². The molecule has 1 aromatic carbocycles. The van der Waals surface area contributed by atoms with Gasteiger partial charge in [0, 0.05) is 12.6 Å². The second-order valence-electron chi connectivity index (χ2n) is 6.27. The molecule has 0 heterocycles. The first kappa shape index (κ1) is 16.0. The fourth-order valence-corrected chi connectivity index (χ4v) is 3.30. The van der Waals surface area contributed by atoms with E-state index in [0.717, 1.165) is 11.5 Å². The van der Waals surface area contributed by atoms with E-state index in [0.29, 0.717) is 18.2 Å².